The SMILES string of the molecule is CCCCC/C=C\C/C=C\CCCCCCCCCC(=O)NC(CO)C(O)/C=C/CC/C=C/CCCCCCCCCCC. The van der Waals surface area contributed by atoms with E-state index in [2.05, 4.69) is 55.6 Å². The Hall–Kier alpha value is -1.65. The fraction of sp³-hybridized carbons (Fsp3) is 0.775. The highest BCUT2D eigenvalue weighted by molar-refractivity contribution is 5.76. The van der Waals surface area contributed by atoms with Gasteiger partial charge in [0.25, 0.3) is 0 Å². The first-order valence-corrected chi connectivity index (χ1v) is 18.9. The van der Waals surface area contributed by atoms with Crippen LogP contribution in [0.3, 0.4) is 0 Å². The summed E-state index contributed by atoms with van der Waals surface area (Å²) in [5.74, 6) is -0.0847. The highest BCUT2D eigenvalue weighted by Crippen LogP contribution is 2.12. The highest BCUT2D eigenvalue weighted by atomic mass is 16.3. The second kappa shape index (κ2) is 35.8. The van der Waals surface area contributed by atoms with E-state index in [9.17, 15) is 15.0 Å². The van der Waals surface area contributed by atoms with Crippen LogP contribution >= 0.6 is 0 Å². The molecule has 0 fully saturated rings. The number of nitrogens with one attached hydrogen (secondary N) is 1. The Balaban J connectivity index is 3.69. The van der Waals surface area contributed by atoms with Crippen LogP contribution in [0.25, 0.3) is 0 Å². The molecule has 0 saturated carbocycles. The molecular formula is C40H73NO3. The predicted octanol–water partition coefficient (Wildman–Crippen LogP) is 11.2. The average molecular weight is 616 g/mol. The fourth-order valence-corrected chi connectivity index (χ4v) is 5.34. The number of hydrogen-bond acceptors (Lipinski definition) is 3. The van der Waals surface area contributed by atoms with E-state index < -0.39 is 12.1 Å². The summed E-state index contributed by atoms with van der Waals surface area (Å²) in [5.41, 5.74) is 0. The molecule has 0 aromatic carbocycles. The van der Waals surface area contributed by atoms with Gasteiger partial charge in [-0.05, 0) is 64.2 Å². The number of hydrogen-bond donors (Lipinski definition) is 3. The van der Waals surface area contributed by atoms with E-state index in [-0.39, 0.29) is 12.5 Å². The van der Waals surface area contributed by atoms with Crippen molar-refractivity contribution in [3.63, 3.8) is 0 Å². The van der Waals surface area contributed by atoms with Crippen LogP contribution in [0.5, 0.6) is 0 Å². The fourth-order valence-electron chi connectivity index (χ4n) is 5.34. The maximum atomic E-state index is 12.3. The molecule has 3 N–H and O–H groups in total. The number of carbonyl (C=O) groups excluding carboxylic acids is 1. The van der Waals surface area contributed by atoms with Gasteiger partial charge in [-0.15, -0.1) is 0 Å². The molecule has 0 bridgehead atoms. The Bertz CT molecular complexity index is 711. The Morgan fingerprint density at radius 2 is 0.955 bits per heavy atom. The summed E-state index contributed by atoms with van der Waals surface area (Å²) in [5, 5.41) is 22.9. The third-order valence-electron chi connectivity index (χ3n) is 8.28. The summed E-state index contributed by atoms with van der Waals surface area (Å²) in [6.07, 6.45) is 47.6. The molecule has 0 rings (SSSR count). The van der Waals surface area contributed by atoms with E-state index in [1.54, 1.807) is 6.08 Å². The van der Waals surface area contributed by atoms with Gasteiger partial charge in [0.05, 0.1) is 18.8 Å². The zero-order valence-corrected chi connectivity index (χ0v) is 29.2. The molecule has 4 heteroatoms. The molecule has 0 radical (unpaired) electrons. The van der Waals surface area contributed by atoms with Gasteiger partial charge in [-0.1, -0.05) is 159 Å². The van der Waals surface area contributed by atoms with Gasteiger partial charge >= 0.3 is 0 Å². The topological polar surface area (TPSA) is 69.6 Å². The number of aliphatic hydroxyl groups excluding tert-OH is 2. The van der Waals surface area contributed by atoms with Crippen molar-refractivity contribution < 1.29 is 15.0 Å². The summed E-state index contributed by atoms with van der Waals surface area (Å²) in [6, 6.07) is -0.642. The highest BCUT2D eigenvalue weighted by Gasteiger charge is 2.17. The van der Waals surface area contributed by atoms with Gasteiger partial charge in [-0.3, -0.25) is 4.79 Å². The molecule has 0 heterocycles. The van der Waals surface area contributed by atoms with Crippen molar-refractivity contribution in [2.75, 3.05) is 6.61 Å². The summed E-state index contributed by atoms with van der Waals surface area (Å²) in [7, 11) is 0. The van der Waals surface area contributed by atoms with Gasteiger partial charge in [-0.25, -0.2) is 0 Å². The lowest BCUT2D eigenvalue weighted by Crippen LogP contribution is -2.45. The van der Waals surface area contributed by atoms with Crippen LogP contribution in [0, 0.1) is 0 Å². The van der Waals surface area contributed by atoms with Crippen LogP contribution in [0.2, 0.25) is 0 Å². The number of aliphatic hydroxyl groups is 2. The Morgan fingerprint density at radius 3 is 1.50 bits per heavy atom. The normalized spacial score (nSPS) is 13.6. The van der Waals surface area contributed by atoms with Gasteiger partial charge < -0.3 is 15.5 Å². The van der Waals surface area contributed by atoms with Crippen LogP contribution in [0.4, 0.5) is 0 Å². The zero-order valence-electron chi connectivity index (χ0n) is 29.2. The summed E-state index contributed by atoms with van der Waals surface area (Å²) in [6.45, 7) is 4.25. The molecular weight excluding hydrogens is 542 g/mol. The maximum Gasteiger partial charge on any atom is 0.220 e. The van der Waals surface area contributed by atoms with Gasteiger partial charge in [0.1, 0.15) is 0 Å². The summed E-state index contributed by atoms with van der Waals surface area (Å²) < 4.78 is 0. The first-order chi connectivity index (χ1) is 21.7. The average Bonchev–Trinajstić information content (AvgIpc) is 3.03. The third-order valence-corrected chi connectivity index (χ3v) is 8.28. The second-order valence-corrected chi connectivity index (χ2v) is 12.6. The van der Waals surface area contributed by atoms with Crippen molar-refractivity contribution in [1.82, 2.24) is 5.32 Å². The Labute approximate surface area is 274 Å². The monoisotopic (exact) mass is 616 g/mol. The minimum absolute atomic E-state index is 0.0847. The van der Waals surface area contributed by atoms with E-state index in [4.69, 9.17) is 0 Å². The third kappa shape index (κ3) is 31.8. The molecule has 1 amide bonds. The lowest BCUT2D eigenvalue weighted by atomic mass is 10.1. The molecule has 0 aliphatic heterocycles. The molecule has 4 nitrogen and oxygen atoms in total. The van der Waals surface area contributed by atoms with Crippen LogP contribution in [-0.2, 0) is 4.79 Å². The summed E-state index contributed by atoms with van der Waals surface area (Å²) >= 11 is 0. The van der Waals surface area contributed by atoms with Crippen molar-refractivity contribution in [3.8, 4) is 0 Å². The van der Waals surface area contributed by atoms with Gasteiger partial charge in [0.2, 0.25) is 5.91 Å². The molecule has 256 valence electrons. The predicted molar refractivity (Wildman–Crippen MR) is 193 cm³/mol. The van der Waals surface area contributed by atoms with Crippen LogP contribution < -0.4 is 5.32 Å². The minimum atomic E-state index is -0.864. The number of unbranched alkanes of at least 4 members (excludes halogenated alkanes) is 20. The smallest absolute Gasteiger partial charge is 0.220 e. The van der Waals surface area contributed by atoms with E-state index in [0.29, 0.717) is 6.42 Å². The molecule has 2 atom stereocenters. The molecule has 44 heavy (non-hydrogen) atoms. The first-order valence-electron chi connectivity index (χ1n) is 18.9. The first kappa shape index (κ1) is 42.3. The van der Waals surface area contributed by atoms with Crippen LogP contribution in [-0.4, -0.2) is 34.9 Å². The number of carbonyl (C=O) groups is 1. The summed E-state index contributed by atoms with van der Waals surface area (Å²) in [4.78, 5) is 12.3. The standard InChI is InChI=1S/C40H73NO3/c1-3-5-7-9-11-13-15-17-19-20-22-24-26-28-30-32-34-36-40(44)41-38(37-42)39(43)35-33-31-29-27-25-23-21-18-16-14-12-10-8-6-4-2/h11,13,17,19,25,27,33,35,38-39,42-43H,3-10,12,14-16,18,20-24,26,28-32,34,36-37H2,1-2H3,(H,41,44)/b13-11-,19-17-,27-25+,35-33+. The molecule has 2 unspecified atom stereocenters. The van der Waals surface area contributed by atoms with Crippen molar-refractivity contribution in [3.05, 3.63) is 48.6 Å². The largest absolute Gasteiger partial charge is 0.394 e. The van der Waals surface area contributed by atoms with Crippen LogP contribution in [0.1, 0.15) is 181 Å². The lowest BCUT2D eigenvalue weighted by Gasteiger charge is -2.19. The second-order valence-electron chi connectivity index (χ2n) is 12.6. The molecule has 0 aromatic heterocycles. The Kier molecular flexibility index (Phi) is 34.5. The van der Waals surface area contributed by atoms with E-state index in [1.807, 2.05) is 6.08 Å². The number of rotatable bonds is 33. The van der Waals surface area contributed by atoms with Crippen molar-refractivity contribution in [2.45, 2.75) is 193 Å². The Morgan fingerprint density at radius 1 is 0.545 bits per heavy atom. The lowest BCUT2D eigenvalue weighted by molar-refractivity contribution is -0.123. The van der Waals surface area contributed by atoms with Crippen molar-refractivity contribution >= 4 is 5.91 Å². The van der Waals surface area contributed by atoms with Crippen LogP contribution in [0.15, 0.2) is 48.6 Å². The molecule has 0 aromatic rings. The van der Waals surface area contributed by atoms with E-state index in [0.717, 1.165) is 44.9 Å². The number of amides is 1. The van der Waals surface area contributed by atoms with Crippen molar-refractivity contribution in [2.24, 2.45) is 0 Å². The van der Waals surface area contributed by atoms with E-state index in [1.165, 1.54) is 116 Å². The van der Waals surface area contributed by atoms with Gasteiger partial charge in [-0.2, -0.15) is 0 Å². The van der Waals surface area contributed by atoms with Gasteiger partial charge in [0, 0.05) is 6.42 Å². The van der Waals surface area contributed by atoms with Gasteiger partial charge in [0.15, 0.2) is 0 Å². The molecule has 0 aliphatic carbocycles. The molecule has 0 aliphatic rings. The quantitative estimate of drug-likeness (QED) is 0.0508. The molecule has 0 saturated heterocycles. The molecule has 0 spiro atoms. The maximum absolute atomic E-state index is 12.3. The van der Waals surface area contributed by atoms with E-state index >= 15 is 0 Å². The zero-order chi connectivity index (χ0) is 32.2. The number of allylic oxidation sites excluding steroid dienone is 7. The minimum Gasteiger partial charge on any atom is -0.394 e. The van der Waals surface area contributed by atoms with Crippen molar-refractivity contribution in [1.29, 1.82) is 0 Å².